The van der Waals surface area contributed by atoms with Crippen molar-refractivity contribution < 1.29 is 23.1 Å². The van der Waals surface area contributed by atoms with Crippen LogP contribution in [0, 0.1) is 0 Å². The molecular formula is C11H19NO5S. The molecule has 6 nitrogen and oxygen atoms in total. The lowest BCUT2D eigenvalue weighted by Gasteiger charge is -2.41. The highest BCUT2D eigenvalue weighted by Gasteiger charge is 2.54. The molecule has 0 bridgehead atoms. The van der Waals surface area contributed by atoms with Crippen LogP contribution >= 0.6 is 0 Å². The van der Waals surface area contributed by atoms with Gasteiger partial charge in [-0.1, -0.05) is 6.92 Å². The first kappa shape index (κ1) is 14.9. The number of hydrogen-bond acceptors (Lipinski definition) is 4. The van der Waals surface area contributed by atoms with E-state index in [-0.39, 0.29) is 6.54 Å². The third kappa shape index (κ3) is 2.66. The highest BCUT2D eigenvalue weighted by molar-refractivity contribution is 7.93. The summed E-state index contributed by atoms with van der Waals surface area (Å²) in [7, 11) is -3.51. The number of carbonyl (C=O) groups is 2. The monoisotopic (exact) mass is 277 g/mol. The van der Waals surface area contributed by atoms with Crippen LogP contribution in [0.1, 0.15) is 32.6 Å². The minimum absolute atomic E-state index is 0.266. The summed E-state index contributed by atoms with van der Waals surface area (Å²) in [6.07, 6.45) is 2.93. The molecule has 0 saturated heterocycles. The van der Waals surface area contributed by atoms with Gasteiger partial charge in [0, 0.05) is 12.8 Å². The number of sulfone groups is 1. The lowest BCUT2D eigenvalue weighted by molar-refractivity contribution is -0.146. The Balaban J connectivity index is 2.98. The van der Waals surface area contributed by atoms with Crippen LogP contribution in [-0.4, -0.2) is 54.4 Å². The second kappa shape index (κ2) is 5.26. The topological polar surface area (TPSA) is 91.8 Å². The van der Waals surface area contributed by atoms with Crippen LogP contribution in [0.3, 0.4) is 0 Å². The Morgan fingerprint density at radius 3 is 2.17 bits per heavy atom. The Hall–Kier alpha value is -1.11. The standard InChI is InChI=1S/C11H19NO5S/c1-3-7-12(8-9(13)14)10(15)11(5-4-6-11)18(2,16)17/h3-8H2,1-2H3,(H,13,14). The molecule has 1 rings (SSSR count). The number of carboxylic acid groups (broad SMARTS) is 1. The maximum Gasteiger partial charge on any atom is 0.323 e. The van der Waals surface area contributed by atoms with Gasteiger partial charge in [0.05, 0.1) is 0 Å². The van der Waals surface area contributed by atoms with E-state index in [1.165, 1.54) is 0 Å². The first-order valence-electron chi connectivity index (χ1n) is 5.95. The number of amides is 1. The number of rotatable bonds is 6. The fourth-order valence-electron chi connectivity index (χ4n) is 2.21. The van der Waals surface area contributed by atoms with Crippen molar-refractivity contribution in [3.8, 4) is 0 Å². The Labute approximate surface area is 107 Å². The number of carboxylic acids is 1. The van der Waals surface area contributed by atoms with Gasteiger partial charge in [-0.3, -0.25) is 9.59 Å². The minimum Gasteiger partial charge on any atom is -0.480 e. The van der Waals surface area contributed by atoms with Crippen LogP contribution < -0.4 is 0 Å². The molecule has 0 atom stereocenters. The molecular weight excluding hydrogens is 258 g/mol. The van der Waals surface area contributed by atoms with E-state index < -0.39 is 33.0 Å². The predicted octanol–water partition coefficient (Wildman–Crippen LogP) is 0.277. The molecule has 1 amide bonds. The second-order valence-electron chi connectivity index (χ2n) is 4.74. The van der Waals surface area contributed by atoms with E-state index in [2.05, 4.69) is 0 Å². The Morgan fingerprint density at radius 1 is 1.33 bits per heavy atom. The van der Waals surface area contributed by atoms with E-state index in [0.29, 0.717) is 25.7 Å². The number of nitrogens with zero attached hydrogens (tertiary/aromatic N) is 1. The molecule has 0 radical (unpaired) electrons. The molecule has 1 fully saturated rings. The number of hydrogen-bond donors (Lipinski definition) is 1. The fourth-order valence-corrected chi connectivity index (χ4v) is 3.69. The van der Waals surface area contributed by atoms with Gasteiger partial charge in [0.25, 0.3) is 0 Å². The fraction of sp³-hybridized carbons (Fsp3) is 0.818. The second-order valence-corrected chi connectivity index (χ2v) is 7.07. The van der Waals surface area contributed by atoms with Gasteiger partial charge in [-0.05, 0) is 25.7 Å². The van der Waals surface area contributed by atoms with E-state index in [4.69, 9.17) is 5.11 Å². The van der Waals surface area contributed by atoms with Crippen LogP contribution in [0.25, 0.3) is 0 Å². The molecule has 0 aliphatic heterocycles. The summed E-state index contributed by atoms with van der Waals surface area (Å²) < 4.78 is 22.2. The first-order chi connectivity index (χ1) is 8.24. The summed E-state index contributed by atoms with van der Waals surface area (Å²) in [5, 5.41) is 8.78. The molecule has 1 aliphatic rings. The molecule has 0 aromatic carbocycles. The summed E-state index contributed by atoms with van der Waals surface area (Å²) >= 11 is 0. The lowest BCUT2D eigenvalue weighted by atomic mass is 9.83. The van der Waals surface area contributed by atoms with Crippen molar-refractivity contribution >= 4 is 21.7 Å². The average Bonchev–Trinajstić information content (AvgIpc) is 2.11. The molecule has 0 unspecified atom stereocenters. The third-order valence-electron chi connectivity index (χ3n) is 3.37. The maximum absolute atomic E-state index is 12.3. The van der Waals surface area contributed by atoms with Gasteiger partial charge in [-0.25, -0.2) is 8.42 Å². The summed E-state index contributed by atoms with van der Waals surface area (Å²) in [4.78, 5) is 24.2. The van der Waals surface area contributed by atoms with E-state index in [1.807, 2.05) is 6.92 Å². The molecule has 18 heavy (non-hydrogen) atoms. The van der Waals surface area contributed by atoms with Gasteiger partial charge in [0.2, 0.25) is 5.91 Å². The molecule has 0 heterocycles. The molecule has 0 spiro atoms. The number of carbonyl (C=O) groups excluding carboxylic acids is 1. The van der Waals surface area contributed by atoms with Crippen molar-refractivity contribution in [3.05, 3.63) is 0 Å². The van der Waals surface area contributed by atoms with E-state index in [0.717, 1.165) is 11.2 Å². The Bertz CT molecular complexity index is 438. The van der Waals surface area contributed by atoms with E-state index >= 15 is 0 Å². The van der Waals surface area contributed by atoms with E-state index in [9.17, 15) is 18.0 Å². The maximum atomic E-state index is 12.3. The van der Waals surface area contributed by atoms with Crippen LogP contribution in [0.2, 0.25) is 0 Å². The van der Waals surface area contributed by atoms with Crippen molar-refractivity contribution in [1.29, 1.82) is 0 Å². The van der Waals surface area contributed by atoms with Gasteiger partial charge in [-0.15, -0.1) is 0 Å². The van der Waals surface area contributed by atoms with E-state index in [1.54, 1.807) is 0 Å². The Kier molecular flexibility index (Phi) is 4.37. The summed E-state index contributed by atoms with van der Waals surface area (Å²) in [6, 6.07) is 0. The Morgan fingerprint density at radius 2 is 1.89 bits per heavy atom. The van der Waals surface area contributed by atoms with Crippen molar-refractivity contribution in [2.45, 2.75) is 37.4 Å². The molecule has 0 aromatic rings. The first-order valence-corrected chi connectivity index (χ1v) is 7.84. The SMILES string of the molecule is CCCN(CC(=O)O)C(=O)C1(S(C)(=O)=O)CCC1. The van der Waals surface area contributed by atoms with Gasteiger partial charge in [-0.2, -0.15) is 0 Å². The zero-order valence-corrected chi connectivity index (χ0v) is 11.5. The third-order valence-corrected chi connectivity index (χ3v) is 5.37. The zero-order chi connectivity index (χ0) is 14.0. The molecule has 1 aliphatic carbocycles. The van der Waals surface area contributed by atoms with Crippen LogP contribution in [0.5, 0.6) is 0 Å². The van der Waals surface area contributed by atoms with Crippen LogP contribution in [0.4, 0.5) is 0 Å². The summed E-state index contributed by atoms with van der Waals surface area (Å²) in [5.41, 5.74) is 0. The highest BCUT2D eigenvalue weighted by atomic mass is 32.2. The zero-order valence-electron chi connectivity index (χ0n) is 10.7. The molecule has 7 heteroatoms. The minimum atomic E-state index is -3.51. The van der Waals surface area contributed by atoms with Crippen molar-refractivity contribution in [1.82, 2.24) is 4.90 Å². The summed E-state index contributed by atoms with van der Waals surface area (Å²) in [5.74, 6) is -1.68. The van der Waals surface area contributed by atoms with Gasteiger partial charge < -0.3 is 10.0 Å². The molecule has 1 N–H and O–H groups in total. The smallest absolute Gasteiger partial charge is 0.323 e. The van der Waals surface area contributed by atoms with Crippen molar-refractivity contribution in [2.75, 3.05) is 19.3 Å². The largest absolute Gasteiger partial charge is 0.480 e. The average molecular weight is 277 g/mol. The highest BCUT2D eigenvalue weighted by Crippen LogP contribution is 2.40. The van der Waals surface area contributed by atoms with Gasteiger partial charge >= 0.3 is 5.97 Å². The molecule has 0 aromatic heterocycles. The molecule has 104 valence electrons. The van der Waals surface area contributed by atoms with Crippen LogP contribution in [0.15, 0.2) is 0 Å². The van der Waals surface area contributed by atoms with Crippen molar-refractivity contribution in [2.24, 2.45) is 0 Å². The molecule has 1 saturated carbocycles. The normalized spacial score (nSPS) is 17.9. The quantitative estimate of drug-likeness (QED) is 0.752. The van der Waals surface area contributed by atoms with Gasteiger partial charge in [0.15, 0.2) is 14.6 Å². The summed E-state index contributed by atoms with van der Waals surface area (Å²) in [6.45, 7) is 1.64. The van der Waals surface area contributed by atoms with Crippen LogP contribution in [-0.2, 0) is 19.4 Å². The van der Waals surface area contributed by atoms with Gasteiger partial charge in [0.1, 0.15) is 6.54 Å². The predicted molar refractivity (Wildman–Crippen MR) is 65.9 cm³/mol. The lowest BCUT2D eigenvalue weighted by Crippen LogP contribution is -2.58. The number of aliphatic carboxylic acids is 1. The van der Waals surface area contributed by atoms with Crippen molar-refractivity contribution in [3.63, 3.8) is 0 Å².